The summed E-state index contributed by atoms with van der Waals surface area (Å²) in [5, 5.41) is 35.9. The predicted octanol–water partition coefficient (Wildman–Crippen LogP) is 2.73. The Labute approximate surface area is 302 Å². The molecule has 2 heterocycles. The number of methoxy groups -OCH3 is 1. The summed E-state index contributed by atoms with van der Waals surface area (Å²) >= 11 is 0. The summed E-state index contributed by atoms with van der Waals surface area (Å²) in [6, 6.07) is 11.2. The van der Waals surface area contributed by atoms with Gasteiger partial charge in [-0.15, -0.1) is 0 Å². The molecule has 0 aromatic heterocycles. The fourth-order valence-corrected chi connectivity index (χ4v) is 9.19. The quantitative estimate of drug-likeness (QED) is 0.184. The van der Waals surface area contributed by atoms with E-state index in [0.717, 1.165) is 48.4 Å². The number of carbonyl (C=O) groups excluding carboxylic acids is 2. The van der Waals surface area contributed by atoms with Gasteiger partial charge in [-0.25, -0.2) is 0 Å². The van der Waals surface area contributed by atoms with Crippen LogP contribution in [0.4, 0.5) is 5.69 Å². The number of aliphatic hydroxyl groups is 2. The minimum Gasteiger partial charge on any atom is -0.496 e. The minimum absolute atomic E-state index is 0.0450. The van der Waals surface area contributed by atoms with Gasteiger partial charge in [0.15, 0.2) is 0 Å². The molecule has 0 spiro atoms. The van der Waals surface area contributed by atoms with Gasteiger partial charge in [-0.2, -0.15) is 5.06 Å². The van der Waals surface area contributed by atoms with Gasteiger partial charge in [0.1, 0.15) is 17.9 Å². The van der Waals surface area contributed by atoms with Gasteiger partial charge < -0.3 is 41.1 Å². The van der Waals surface area contributed by atoms with Gasteiger partial charge in [0.25, 0.3) is 5.91 Å². The smallest absolute Gasteiger partial charge is 0.251 e. The van der Waals surface area contributed by atoms with Crippen molar-refractivity contribution >= 4 is 17.5 Å². The molecule has 7 rings (SSSR count). The van der Waals surface area contributed by atoms with Crippen LogP contribution in [0.1, 0.15) is 62.9 Å². The molecule has 2 saturated heterocycles. The molecule has 3 aliphatic carbocycles. The van der Waals surface area contributed by atoms with Crippen LogP contribution in [0, 0.1) is 29.1 Å². The molecule has 12 heteroatoms. The van der Waals surface area contributed by atoms with Crippen LogP contribution in [-0.2, 0) is 16.2 Å². The fourth-order valence-electron chi connectivity index (χ4n) is 9.19. The molecular formula is C39H58N6O6. The van der Waals surface area contributed by atoms with E-state index in [1.54, 1.807) is 19.1 Å². The molecule has 5 aliphatic rings. The van der Waals surface area contributed by atoms with Crippen molar-refractivity contribution in [3.05, 3.63) is 47.5 Å². The molecule has 3 saturated carbocycles. The molecule has 51 heavy (non-hydrogen) atoms. The lowest BCUT2D eigenvalue weighted by molar-refractivity contribution is -0.183. The van der Waals surface area contributed by atoms with E-state index in [1.807, 2.05) is 55.4 Å². The number of hydroxylamine groups is 2. The lowest BCUT2D eigenvalue weighted by Gasteiger charge is -2.62. The van der Waals surface area contributed by atoms with E-state index in [9.17, 15) is 19.8 Å². The number of nitrogens with one attached hydrogen (secondary N) is 4. The van der Waals surface area contributed by atoms with Crippen molar-refractivity contribution in [1.29, 1.82) is 0 Å². The SMILES string of the molecule is COc1c(CN2O[C@@H](CO)[C@@H]([C@H](C)O)C2C(=O)N[C@H]2C[C@H]3C[C@@H]([C@@H]2C)C3(C)C)cccc1-c1cc(C(=O)NCCC2CNCN2)cc(N(C)C)c1. The zero-order valence-electron chi connectivity index (χ0n) is 31.2. The Balaban J connectivity index is 1.25. The second-order valence-electron chi connectivity index (χ2n) is 16.0. The Bertz CT molecular complexity index is 1560. The van der Waals surface area contributed by atoms with Gasteiger partial charge in [0, 0.05) is 74.2 Å². The van der Waals surface area contributed by atoms with E-state index >= 15 is 0 Å². The average molecular weight is 707 g/mol. The molecular weight excluding hydrogens is 648 g/mol. The summed E-state index contributed by atoms with van der Waals surface area (Å²) in [4.78, 5) is 35.8. The normalized spacial score (nSPS) is 30.4. The number of nitrogens with zero attached hydrogens (tertiary/aromatic N) is 2. The van der Waals surface area contributed by atoms with Crippen molar-refractivity contribution in [2.45, 2.75) is 83.8 Å². The van der Waals surface area contributed by atoms with Crippen molar-refractivity contribution in [1.82, 2.24) is 26.3 Å². The number of benzene rings is 2. The first-order valence-electron chi connectivity index (χ1n) is 18.6. The third-order valence-corrected chi connectivity index (χ3v) is 12.4. The van der Waals surface area contributed by atoms with Crippen molar-refractivity contribution in [3.63, 3.8) is 0 Å². The van der Waals surface area contributed by atoms with Crippen molar-refractivity contribution in [3.8, 4) is 16.9 Å². The van der Waals surface area contributed by atoms with Crippen LogP contribution in [0.2, 0.25) is 0 Å². The Kier molecular flexibility index (Phi) is 11.3. The third kappa shape index (κ3) is 7.49. The zero-order valence-corrected chi connectivity index (χ0v) is 31.2. The van der Waals surface area contributed by atoms with Crippen LogP contribution in [0.5, 0.6) is 5.75 Å². The number of rotatable bonds is 13. The number of hydrogen-bond donors (Lipinski definition) is 6. The summed E-state index contributed by atoms with van der Waals surface area (Å²) in [5.74, 6) is 1.09. The lowest BCUT2D eigenvalue weighted by Crippen LogP contribution is -2.62. The Hall–Kier alpha value is -3.26. The van der Waals surface area contributed by atoms with E-state index in [4.69, 9.17) is 9.57 Å². The highest BCUT2D eigenvalue weighted by molar-refractivity contribution is 5.97. The molecule has 2 aliphatic heterocycles. The van der Waals surface area contributed by atoms with Gasteiger partial charge >= 0.3 is 0 Å². The highest BCUT2D eigenvalue weighted by atomic mass is 16.7. The second kappa shape index (κ2) is 15.4. The van der Waals surface area contributed by atoms with Crippen LogP contribution in [0.15, 0.2) is 36.4 Å². The maximum Gasteiger partial charge on any atom is 0.251 e. The lowest BCUT2D eigenvalue weighted by atomic mass is 9.45. The molecule has 5 fully saturated rings. The number of carbonyl (C=O) groups is 2. The van der Waals surface area contributed by atoms with Gasteiger partial charge in [0.05, 0.1) is 26.4 Å². The number of fused-ring (bicyclic) bond motifs is 2. The number of anilines is 1. The molecule has 280 valence electrons. The first kappa shape index (κ1) is 37.5. The second-order valence-corrected chi connectivity index (χ2v) is 16.0. The summed E-state index contributed by atoms with van der Waals surface area (Å²) < 4.78 is 6.05. The molecule has 12 nitrogen and oxygen atoms in total. The summed E-state index contributed by atoms with van der Waals surface area (Å²) in [5.41, 5.74) is 4.07. The minimum atomic E-state index is -0.892. The largest absolute Gasteiger partial charge is 0.496 e. The monoisotopic (exact) mass is 706 g/mol. The third-order valence-electron chi connectivity index (χ3n) is 12.4. The maximum absolute atomic E-state index is 14.2. The highest BCUT2D eigenvalue weighted by Gasteiger charge is 2.57. The number of aliphatic hydroxyl groups excluding tert-OH is 2. The number of amides is 2. The molecule has 9 atom stereocenters. The molecule has 2 bridgehead atoms. The zero-order chi connectivity index (χ0) is 36.6. The van der Waals surface area contributed by atoms with E-state index < -0.39 is 24.2 Å². The maximum atomic E-state index is 14.2. The summed E-state index contributed by atoms with van der Waals surface area (Å²) in [6.07, 6.45) is 1.33. The van der Waals surface area contributed by atoms with Crippen LogP contribution in [-0.4, -0.2) is 105 Å². The average Bonchev–Trinajstić information content (AvgIpc) is 3.76. The van der Waals surface area contributed by atoms with Crippen LogP contribution >= 0.6 is 0 Å². The van der Waals surface area contributed by atoms with E-state index in [2.05, 4.69) is 42.0 Å². The number of hydrogen-bond acceptors (Lipinski definition) is 10. The van der Waals surface area contributed by atoms with Gasteiger partial charge in [0.2, 0.25) is 5.91 Å². The Morgan fingerprint density at radius 2 is 1.98 bits per heavy atom. The Morgan fingerprint density at radius 1 is 1.20 bits per heavy atom. The van der Waals surface area contributed by atoms with Crippen molar-refractivity contribution in [2.75, 3.05) is 52.5 Å². The number of ether oxygens (including phenoxy) is 1. The van der Waals surface area contributed by atoms with Crippen LogP contribution in [0.3, 0.4) is 0 Å². The fraction of sp³-hybridized carbons (Fsp3) is 0.641. The van der Waals surface area contributed by atoms with Crippen LogP contribution in [0.25, 0.3) is 11.1 Å². The van der Waals surface area contributed by atoms with Crippen LogP contribution < -0.4 is 30.9 Å². The molecule has 2 unspecified atom stereocenters. The topological polar surface area (TPSA) is 148 Å². The molecule has 6 N–H and O–H groups in total. The van der Waals surface area contributed by atoms with Gasteiger partial charge in [-0.05, 0) is 73.1 Å². The first-order chi connectivity index (χ1) is 24.3. The Morgan fingerprint density at radius 3 is 2.61 bits per heavy atom. The van der Waals surface area contributed by atoms with E-state index in [1.165, 1.54) is 6.42 Å². The molecule has 2 aromatic rings. The summed E-state index contributed by atoms with van der Waals surface area (Å²) in [6.45, 7) is 10.6. The number of para-hydroxylation sites is 1. The predicted molar refractivity (Wildman–Crippen MR) is 197 cm³/mol. The molecule has 2 aromatic carbocycles. The molecule has 2 amide bonds. The highest BCUT2D eigenvalue weighted by Crippen LogP contribution is 2.61. The van der Waals surface area contributed by atoms with E-state index in [-0.39, 0.29) is 36.4 Å². The summed E-state index contributed by atoms with van der Waals surface area (Å²) in [7, 11) is 5.49. The molecule has 0 radical (unpaired) electrons. The first-order valence-corrected chi connectivity index (χ1v) is 18.6. The van der Waals surface area contributed by atoms with Crippen molar-refractivity contribution < 1.29 is 29.4 Å². The van der Waals surface area contributed by atoms with Gasteiger partial charge in [-0.3, -0.25) is 14.4 Å². The van der Waals surface area contributed by atoms with Gasteiger partial charge in [-0.1, -0.05) is 39.0 Å². The van der Waals surface area contributed by atoms with E-state index in [0.29, 0.717) is 41.7 Å². The standard InChI is InChI=1S/C39H58N6O6/c1-22-31-16-27(39(31,3)4)17-32(22)43-38(49)35-34(23(2)47)33(20-46)51-45(35)19-24-9-8-10-30(36(24)50-7)25-13-26(15-29(14-25)44(5)6)37(48)41-12-11-28-18-40-21-42-28/h8-10,13-15,22-23,27-28,31-35,40,42,46-47H,11-12,16-21H2,1-7H3,(H,41,48)(H,43,49)/t22-,23-,27+,28?,31-,32-,33-,34+,35?/m0/s1. The van der Waals surface area contributed by atoms with Crippen molar-refractivity contribution in [2.24, 2.45) is 29.1 Å².